The molecule has 4 aliphatic rings. The van der Waals surface area contributed by atoms with Crippen LogP contribution in [0.5, 0.6) is 5.75 Å². The molecule has 1 aromatic carbocycles. The Balaban J connectivity index is 1.40. The number of ether oxygens (including phenoxy) is 4. The summed E-state index contributed by atoms with van der Waals surface area (Å²) in [7, 11) is 3.83. The molecule has 1 aromatic heterocycles. The van der Waals surface area contributed by atoms with E-state index in [1.807, 2.05) is 82.2 Å². The standard InChI is InChI=1S/C46H62N4O9S/c1-11-36-46(8)40-29(4)37(47-22-23-50(40)44(54)58-46)27(2)25-45(7,21-15-18-33-19-20-34(60-33)26-48-59-32-16-13-12-14-17-32)41(30(5)38(51)31(6)42(53)56-36)57-43-39(52)35(49(9)10)24-28(3)55-43/h12-14,16-17,19-20,26-31,35-36,39-41,43,52H,11,21-25H2,1-10H3/b48-26-/t27-,28-,29-,30+,31-,35+,36+,39-,40-,41-,43?,45+,46-/m1/s1. The lowest BCUT2D eigenvalue weighted by molar-refractivity contribution is -0.286. The largest absolute Gasteiger partial charge is 0.458 e. The first-order chi connectivity index (χ1) is 28.5. The topological polar surface area (TPSA) is 149 Å². The maximum atomic E-state index is 14.7. The second-order valence-corrected chi connectivity index (χ2v) is 18.9. The summed E-state index contributed by atoms with van der Waals surface area (Å²) in [5.41, 5.74) is -1.13. The molecular weight excluding hydrogens is 785 g/mol. The number of hydrogen-bond acceptors (Lipinski definition) is 13. The number of amides is 1. The number of fused-ring (bicyclic) bond motifs is 1. The minimum Gasteiger partial charge on any atom is -0.458 e. The lowest BCUT2D eigenvalue weighted by Crippen LogP contribution is -2.58. The van der Waals surface area contributed by atoms with Gasteiger partial charge in [-0.2, -0.15) is 0 Å². The number of nitrogens with zero attached hydrogens (tertiary/aromatic N) is 4. The number of ketones is 1. The molecule has 3 fully saturated rings. The number of esters is 1. The monoisotopic (exact) mass is 846 g/mol. The van der Waals surface area contributed by atoms with Gasteiger partial charge in [0.2, 0.25) is 0 Å². The van der Waals surface area contributed by atoms with Gasteiger partial charge in [-0.25, -0.2) is 4.79 Å². The van der Waals surface area contributed by atoms with Crippen molar-refractivity contribution in [3.8, 4) is 17.6 Å². The zero-order valence-corrected chi connectivity index (χ0v) is 37.4. The Hall–Kier alpha value is -4.13. The van der Waals surface area contributed by atoms with Gasteiger partial charge in [0.25, 0.3) is 0 Å². The molecule has 1 N–H and O–H groups in total. The molecule has 326 valence electrons. The summed E-state index contributed by atoms with van der Waals surface area (Å²) >= 11 is 1.47. The van der Waals surface area contributed by atoms with Gasteiger partial charge in [0, 0.05) is 42.0 Å². The minimum absolute atomic E-state index is 0.164. The SMILES string of the molecule is CC[C@@H]1OC(=O)[C@H](C)C(=O)[C@H](C)[C@@H](OC2O[C@H](C)C[C@H](N(C)C)[C@H]2O)[C@@](C)(CC#Cc2ccc(/C=N\Oc3ccccc3)s2)C[C@@H](C)C2=NCCN3C(=O)O[C@@]1(C)[C@H]3[C@@H]2C. The maximum Gasteiger partial charge on any atom is 0.410 e. The fraction of sp³-hybridized carbons (Fsp3) is 0.630. The number of cyclic esters (lactones) is 1. The number of para-hydroxylation sites is 1. The third kappa shape index (κ3) is 9.50. The third-order valence-corrected chi connectivity index (χ3v) is 13.9. The Morgan fingerprint density at radius 3 is 2.50 bits per heavy atom. The van der Waals surface area contributed by atoms with E-state index in [4.69, 9.17) is 28.8 Å². The van der Waals surface area contributed by atoms with Crippen LogP contribution in [0.4, 0.5) is 4.79 Å². The van der Waals surface area contributed by atoms with E-state index >= 15 is 0 Å². The van der Waals surface area contributed by atoms with Gasteiger partial charge in [-0.1, -0.05) is 69.8 Å². The first-order valence-electron chi connectivity index (χ1n) is 21.2. The number of aliphatic hydroxyl groups excluding tert-OH is 1. The Bertz CT molecular complexity index is 1980. The highest BCUT2D eigenvalue weighted by Crippen LogP contribution is 2.46. The van der Waals surface area contributed by atoms with E-state index in [0.29, 0.717) is 44.5 Å². The van der Waals surface area contributed by atoms with Crippen LogP contribution < -0.4 is 4.84 Å². The zero-order chi connectivity index (χ0) is 43.5. The van der Waals surface area contributed by atoms with Crippen molar-refractivity contribution in [3.05, 3.63) is 52.2 Å². The second kappa shape index (κ2) is 18.9. The highest BCUT2D eigenvalue weighted by Gasteiger charge is 2.60. The molecule has 1 unspecified atom stereocenters. The van der Waals surface area contributed by atoms with E-state index in [1.54, 1.807) is 25.0 Å². The quantitative estimate of drug-likeness (QED) is 0.101. The molecule has 5 heterocycles. The molecule has 1 amide bonds. The molecule has 2 aromatic rings. The van der Waals surface area contributed by atoms with Crippen LogP contribution in [-0.4, -0.2) is 120 Å². The van der Waals surface area contributed by atoms with E-state index in [0.717, 1.165) is 15.5 Å². The molecule has 0 spiro atoms. The molecule has 14 heteroatoms. The molecule has 0 radical (unpaired) electrons. The average Bonchev–Trinajstić information content (AvgIpc) is 3.70. The van der Waals surface area contributed by atoms with Gasteiger partial charge in [0.05, 0.1) is 40.8 Å². The van der Waals surface area contributed by atoms with Gasteiger partial charge < -0.3 is 33.8 Å². The fourth-order valence-corrected chi connectivity index (χ4v) is 10.7. The zero-order valence-electron chi connectivity index (χ0n) is 36.6. The van der Waals surface area contributed by atoms with Crippen LogP contribution in [0.15, 0.2) is 52.6 Å². The highest BCUT2D eigenvalue weighted by molar-refractivity contribution is 7.14. The average molecular weight is 847 g/mol. The Labute approximate surface area is 358 Å². The Morgan fingerprint density at radius 1 is 1.07 bits per heavy atom. The number of likely N-dealkylation sites (N-methyl/N-ethyl adjacent to an activating group) is 1. The van der Waals surface area contributed by atoms with Crippen molar-refractivity contribution in [3.63, 3.8) is 0 Å². The third-order valence-electron chi connectivity index (χ3n) is 12.9. The number of oxime groups is 1. The van der Waals surface area contributed by atoms with Crippen molar-refractivity contribution in [2.75, 3.05) is 27.2 Å². The van der Waals surface area contributed by atoms with Crippen LogP contribution in [0.2, 0.25) is 0 Å². The first kappa shape index (κ1) is 45.4. The van der Waals surface area contributed by atoms with E-state index in [2.05, 4.69) is 37.8 Å². The van der Waals surface area contributed by atoms with Gasteiger partial charge in [-0.15, -0.1) is 11.3 Å². The summed E-state index contributed by atoms with van der Waals surface area (Å²) in [5, 5.41) is 15.9. The van der Waals surface area contributed by atoms with Crippen molar-refractivity contribution in [2.24, 2.45) is 39.2 Å². The van der Waals surface area contributed by atoms with Gasteiger partial charge in [0.15, 0.2) is 23.4 Å². The number of hydrogen-bond donors (Lipinski definition) is 1. The predicted molar refractivity (Wildman–Crippen MR) is 230 cm³/mol. The number of carbonyl (C=O) groups is 3. The normalized spacial score (nSPS) is 36.5. The summed E-state index contributed by atoms with van der Waals surface area (Å²) in [6.45, 7) is 16.0. The number of aliphatic imine (C=N–C) groups is 1. The summed E-state index contributed by atoms with van der Waals surface area (Å²) in [6.07, 6.45) is -1.05. The van der Waals surface area contributed by atoms with Crippen LogP contribution in [-0.2, 0) is 28.5 Å². The number of carbonyl (C=O) groups excluding carboxylic acids is 3. The summed E-state index contributed by atoms with van der Waals surface area (Å²) in [6, 6.07) is 12.5. The number of thiophene rings is 1. The van der Waals surface area contributed by atoms with Crippen molar-refractivity contribution in [1.82, 2.24) is 9.80 Å². The van der Waals surface area contributed by atoms with Crippen LogP contribution in [0.1, 0.15) is 90.8 Å². The van der Waals surface area contributed by atoms with E-state index in [9.17, 15) is 19.5 Å². The van der Waals surface area contributed by atoms with Crippen molar-refractivity contribution in [1.29, 1.82) is 0 Å². The van der Waals surface area contributed by atoms with Crippen molar-refractivity contribution >= 4 is 41.1 Å². The molecule has 13 atom stereocenters. The fourth-order valence-electron chi connectivity index (χ4n) is 9.91. The smallest absolute Gasteiger partial charge is 0.410 e. The van der Waals surface area contributed by atoms with E-state index < -0.39 is 65.6 Å². The minimum atomic E-state index is -1.18. The second-order valence-electron chi connectivity index (χ2n) is 17.7. The molecule has 0 saturated carbocycles. The molecule has 2 bridgehead atoms. The first-order valence-corrected chi connectivity index (χ1v) is 22.1. The molecular formula is C46H62N4O9S. The van der Waals surface area contributed by atoms with E-state index in [-0.39, 0.29) is 29.8 Å². The van der Waals surface area contributed by atoms with Crippen LogP contribution in [0, 0.1) is 40.9 Å². The lowest BCUT2D eigenvalue weighted by Gasteiger charge is -2.47. The molecule has 4 aliphatic heterocycles. The summed E-state index contributed by atoms with van der Waals surface area (Å²) < 4.78 is 25.6. The molecule has 60 heavy (non-hydrogen) atoms. The van der Waals surface area contributed by atoms with Gasteiger partial charge in [0.1, 0.15) is 18.1 Å². The van der Waals surface area contributed by atoms with Crippen LogP contribution in [0.25, 0.3) is 0 Å². The van der Waals surface area contributed by atoms with Gasteiger partial charge >= 0.3 is 12.1 Å². The highest BCUT2D eigenvalue weighted by atomic mass is 32.1. The molecule has 3 saturated heterocycles. The Kier molecular flexibility index (Phi) is 14.3. The number of Topliss-reactive ketones (excluding diaryl/α,β-unsaturated/α-hetero) is 1. The Morgan fingerprint density at radius 2 is 1.80 bits per heavy atom. The van der Waals surface area contributed by atoms with Gasteiger partial charge in [-0.05, 0) is 84.3 Å². The lowest BCUT2D eigenvalue weighted by atomic mass is 9.66. The van der Waals surface area contributed by atoms with E-state index in [1.165, 1.54) is 11.3 Å². The maximum absolute atomic E-state index is 14.7. The number of rotatable bonds is 8. The summed E-state index contributed by atoms with van der Waals surface area (Å²) in [5.74, 6) is 3.90. The van der Waals surface area contributed by atoms with Gasteiger partial charge in [-0.3, -0.25) is 19.5 Å². The number of aliphatic hydroxyl groups is 1. The molecule has 13 nitrogen and oxygen atoms in total. The van der Waals surface area contributed by atoms with Crippen molar-refractivity contribution in [2.45, 2.75) is 129 Å². The number of benzene rings is 1. The summed E-state index contributed by atoms with van der Waals surface area (Å²) in [4.78, 5) is 58.2. The molecule has 0 aliphatic carbocycles. The van der Waals surface area contributed by atoms with Crippen molar-refractivity contribution < 1.29 is 43.3 Å². The predicted octanol–water partition coefficient (Wildman–Crippen LogP) is 6.59. The molecule has 6 rings (SSSR count). The van der Waals surface area contributed by atoms with Crippen LogP contribution in [0.3, 0.4) is 0 Å². The van der Waals surface area contributed by atoms with Crippen LogP contribution >= 0.6 is 11.3 Å².